The van der Waals surface area contributed by atoms with Crippen molar-refractivity contribution < 1.29 is 4.79 Å². The van der Waals surface area contributed by atoms with Crippen LogP contribution in [-0.4, -0.2) is 21.1 Å². The molecule has 0 spiro atoms. The molecule has 3 aromatic rings. The van der Waals surface area contributed by atoms with Crippen molar-refractivity contribution >= 4 is 22.6 Å². The Labute approximate surface area is 103 Å². The number of H-pyrrole nitrogens is 1. The molecule has 18 heavy (non-hydrogen) atoms. The van der Waals surface area contributed by atoms with E-state index < -0.39 is 0 Å². The number of fused-ring (bicyclic) bond motifs is 1. The molecule has 1 amide bonds. The highest BCUT2D eigenvalue weighted by atomic mass is 16.1. The van der Waals surface area contributed by atoms with Crippen LogP contribution in [0.1, 0.15) is 10.4 Å². The summed E-state index contributed by atoms with van der Waals surface area (Å²) in [6, 6.07) is 11.1. The summed E-state index contributed by atoms with van der Waals surface area (Å²) < 4.78 is 0. The van der Waals surface area contributed by atoms with Gasteiger partial charge in [0, 0.05) is 23.3 Å². The smallest absolute Gasteiger partial charge is 0.259 e. The molecule has 0 unspecified atom stereocenters. The molecular weight excluding hydrogens is 228 g/mol. The number of carbonyl (C=O) groups is 1. The molecule has 3 rings (SSSR count). The number of rotatable bonds is 2. The number of aromatic amines is 1. The first-order chi connectivity index (χ1) is 8.84. The van der Waals surface area contributed by atoms with Crippen LogP contribution in [0, 0.1) is 0 Å². The van der Waals surface area contributed by atoms with E-state index in [1.807, 2.05) is 24.3 Å². The van der Waals surface area contributed by atoms with Gasteiger partial charge >= 0.3 is 0 Å². The molecule has 2 heterocycles. The number of benzene rings is 1. The molecule has 0 saturated carbocycles. The van der Waals surface area contributed by atoms with Gasteiger partial charge in [0.1, 0.15) is 0 Å². The van der Waals surface area contributed by atoms with Gasteiger partial charge in [0.05, 0.1) is 5.56 Å². The first-order valence-corrected chi connectivity index (χ1v) is 5.50. The Morgan fingerprint density at radius 3 is 2.89 bits per heavy atom. The van der Waals surface area contributed by atoms with Crippen LogP contribution < -0.4 is 5.32 Å². The molecule has 0 atom stereocenters. The molecule has 0 aliphatic carbocycles. The minimum absolute atomic E-state index is 0.201. The van der Waals surface area contributed by atoms with Crippen molar-refractivity contribution in [1.82, 2.24) is 15.2 Å². The Kier molecular flexibility index (Phi) is 2.49. The minimum Gasteiger partial charge on any atom is -0.360 e. The Hall–Kier alpha value is -2.69. The topological polar surface area (TPSA) is 70.7 Å². The zero-order valence-electron chi connectivity index (χ0n) is 9.42. The normalized spacial score (nSPS) is 10.4. The lowest BCUT2D eigenvalue weighted by atomic mass is 10.1. The maximum absolute atomic E-state index is 12.1. The first-order valence-electron chi connectivity index (χ1n) is 5.50. The van der Waals surface area contributed by atoms with E-state index in [0.29, 0.717) is 11.4 Å². The Bertz CT molecular complexity index is 690. The summed E-state index contributed by atoms with van der Waals surface area (Å²) in [5.74, 6) is 0.237. The molecule has 0 radical (unpaired) electrons. The highest BCUT2D eigenvalue weighted by Crippen LogP contribution is 2.18. The number of anilines is 1. The molecule has 0 fully saturated rings. The fraction of sp³-hybridized carbons (Fsp3) is 0. The van der Waals surface area contributed by atoms with E-state index in [9.17, 15) is 4.79 Å². The van der Waals surface area contributed by atoms with Crippen molar-refractivity contribution in [3.05, 3.63) is 54.4 Å². The van der Waals surface area contributed by atoms with Crippen molar-refractivity contribution in [2.75, 3.05) is 5.32 Å². The van der Waals surface area contributed by atoms with Gasteiger partial charge in [-0.1, -0.05) is 18.2 Å². The van der Waals surface area contributed by atoms with E-state index in [4.69, 9.17) is 0 Å². The van der Waals surface area contributed by atoms with Crippen LogP contribution in [0.5, 0.6) is 0 Å². The zero-order valence-corrected chi connectivity index (χ0v) is 9.42. The standard InChI is InChI=1S/C13H10N4O/c18-13(16-12-6-3-7-15-17-12)10-8-14-11-5-2-1-4-9(10)11/h1-8,14H,(H,16,17,18). The molecule has 1 aromatic carbocycles. The third kappa shape index (κ3) is 1.82. The van der Waals surface area contributed by atoms with Crippen LogP contribution in [0.4, 0.5) is 5.82 Å². The van der Waals surface area contributed by atoms with Gasteiger partial charge in [0.2, 0.25) is 0 Å². The number of nitrogens with zero attached hydrogens (tertiary/aromatic N) is 2. The molecule has 5 nitrogen and oxygen atoms in total. The Morgan fingerprint density at radius 1 is 1.17 bits per heavy atom. The SMILES string of the molecule is O=C(Nc1cccnn1)c1c[nH]c2ccccc12. The van der Waals surface area contributed by atoms with Gasteiger partial charge < -0.3 is 10.3 Å². The minimum atomic E-state index is -0.201. The molecule has 0 aliphatic heterocycles. The first kappa shape index (κ1) is 10.5. The Balaban J connectivity index is 1.93. The van der Waals surface area contributed by atoms with Crippen molar-refractivity contribution in [2.45, 2.75) is 0 Å². The number of nitrogens with one attached hydrogen (secondary N) is 2. The molecule has 2 aromatic heterocycles. The largest absolute Gasteiger partial charge is 0.360 e. The number of carbonyl (C=O) groups excluding carboxylic acids is 1. The van der Waals surface area contributed by atoms with Crippen LogP contribution in [0.3, 0.4) is 0 Å². The fourth-order valence-corrected chi connectivity index (χ4v) is 1.81. The fourth-order valence-electron chi connectivity index (χ4n) is 1.81. The lowest BCUT2D eigenvalue weighted by molar-refractivity contribution is 0.102. The van der Waals surface area contributed by atoms with E-state index in [2.05, 4.69) is 20.5 Å². The monoisotopic (exact) mass is 238 g/mol. The molecule has 0 bridgehead atoms. The van der Waals surface area contributed by atoms with Gasteiger partial charge in [-0.3, -0.25) is 4.79 Å². The van der Waals surface area contributed by atoms with Gasteiger partial charge in [-0.05, 0) is 18.2 Å². The van der Waals surface area contributed by atoms with Crippen LogP contribution in [0.15, 0.2) is 48.8 Å². The number of hydrogen-bond acceptors (Lipinski definition) is 3. The molecule has 5 heteroatoms. The number of amides is 1. The molecular formula is C13H10N4O. The summed E-state index contributed by atoms with van der Waals surface area (Å²) >= 11 is 0. The second kappa shape index (κ2) is 4.29. The van der Waals surface area contributed by atoms with Gasteiger partial charge in [0.25, 0.3) is 5.91 Å². The third-order valence-electron chi connectivity index (χ3n) is 2.65. The molecule has 0 aliphatic rings. The van der Waals surface area contributed by atoms with E-state index in [1.165, 1.54) is 0 Å². The lowest BCUT2D eigenvalue weighted by Crippen LogP contribution is -2.12. The molecule has 0 saturated heterocycles. The lowest BCUT2D eigenvalue weighted by Gasteiger charge is -2.01. The molecule has 2 N–H and O–H groups in total. The second-order valence-corrected chi connectivity index (χ2v) is 3.81. The Morgan fingerprint density at radius 2 is 2.06 bits per heavy atom. The molecule has 88 valence electrons. The third-order valence-corrected chi connectivity index (χ3v) is 2.65. The van der Waals surface area contributed by atoms with Crippen LogP contribution in [0.25, 0.3) is 10.9 Å². The van der Waals surface area contributed by atoms with Crippen LogP contribution in [-0.2, 0) is 0 Å². The van der Waals surface area contributed by atoms with Gasteiger partial charge in [-0.25, -0.2) is 0 Å². The average Bonchev–Trinajstić information content (AvgIpc) is 2.84. The highest BCUT2D eigenvalue weighted by Gasteiger charge is 2.11. The van der Waals surface area contributed by atoms with E-state index in [1.54, 1.807) is 24.5 Å². The maximum Gasteiger partial charge on any atom is 0.259 e. The number of aromatic nitrogens is 3. The van der Waals surface area contributed by atoms with Crippen molar-refractivity contribution in [3.8, 4) is 0 Å². The predicted octanol–water partition coefficient (Wildman–Crippen LogP) is 2.21. The van der Waals surface area contributed by atoms with Gasteiger partial charge in [0.15, 0.2) is 5.82 Å². The summed E-state index contributed by atoms with van der Waals surface area (Å²) in [6.07, 6.45) is 3.25. The van der Waals surface area contributed by atoms with E-state index in [-0.39, 0.29) is 5.91 Å². The number of para-hydroxylation sites is 1. The maximum atomic E-state index is 12.1. The summed E-state index contributed by atoms with van der Waals surface area (Å²) in [5.41, 5.74) is 1.53. The van der Waals surface area contributed by atoms with Gasteiger partial charge in [-0.15, -0.1) is 5.10 Å². The summed E-state index contributed by atoms with van der Waals surface area (Å²) in [4.78, 5) is 15.1. The zero-order chi connectivity index (χ0) is 12.4. The number of hydrogen-bond donors (Lipinski definition) is 2. The van der Waals surface area contributed by atoms with Crippen molar-refractivity contribution in [2.24, 2.45) is 0 Å². The summed E-state index contributed by atoms with van der Waals surface area (Å²) in [5, 5.41) is 11.1. The van der Waals surface area contributed by atoms with Crippen molar-refractivity contribution in [1.29, 1.82) is 0 Å². The van der Waals surface area contributed by atoms with Gasteiger partial charge in [-0.2, -0.15) is 5.10 Å². The van der Waals surface area contributed by atoms with Crippen LogP contribution in [0.2, 0.25) is 0 Å². The predicted molar refractivity (Wildman–Crippen MR) is 68.3 cm³/mol. The second-order valence-electron chi connectivity index (χ2n) is 3.81. The van der Waals surface area contributed by atoms with E-state index in [0.717, 1.165) is 10.9 Å². The van der Waals surface area contributed by atoms with Crippen molar-refractivity contribution in [3.63, 3.8) is 0 Å². The average molecular weight is 238 g/mol. The van der Waals surface area contributed by atoms with E-state index >= 15 is 0 Å². The quantitative estimate of drug-likeness (QED) is 0.719. The highest BCUT2D eigenvalue weighted by molar-refractivity contribution is 6.12. The van der Waals surface area contributed by atoms with Crippen LogP contribution >= 0.6 is 0 Å². The summed E-state index contributed by atoms with van der Waals surface area (Å²) in [6.45, 7) is 0. The summed E-state index contributed by atoms with van der Waals surface area (Å²) in [7, 11) is 0.